The van der Waals surface area contributed by atoms with E-state index in [1.165, 1.54) is 4.90 Å². The summed E-state index contributed by atoms with van der Waals surface area (Å²) in [7, 11) is 0. The van der Waals surface area contributed by atoms with Gasteiger partial charge in [0.25, 0.3) is 0 Å². The SMILES string of the molecule is CC(C)(C)CON=C[C@@H]1[C@@H](C(=O)OCc2cccc(Sc3ccccc3)c2)C1(C)C. The van der Waals surface area contributed by atoms with Crippen molar-refractivity contribution in [3.8, 4) is 0 Å². The molecule has 4 nitrogen and oxygen atoms in total. The lowest BCUT2D eigenvalue weighted by atomic mass is 9.99. The van der Waals surface area contributed by atoms with Crippen molar-refractivity contribution in [2.45, 2.75) is 51.0 Å². The van der Waals surface area contributed by atoms with Crippen LogP contribution in [0.2, 0.25) is 0 Å². The molecule has 2 aromatic rings. The van der Waals surface area contributed by atoms with Gasteiger partial charge in [-0.05, 0) is 40.7 Å². The van der Waals surface area contributed by atoms with Crippen LogP contribution in [0.5, 0.6) is 0 Å². The molecule has 0 heterocycles. The molecule has 1 fully saturated rings. The first-order valence-corrected chi connectivity index (χ1v) is 11.1. The minimum absolute atomic E-state index is 0.0462. The molecular formula is C25H31NO3S. The lowest BCUT2D eigenvalue weighted by Gasteiger charge is -2.15. The Labute approximate surface area is 184 Å². The van der Waals surface area contributed by atoms with E-state index >= 15 is 0 Å². The second-order valence-electron chi connectivity index (χ2n) is 9.58. The van der Waals surface area contributed by atoms with Crippen LogP contribution in [0, 0.1) is 22.7 Å². The Bertz CT molecular complexity index is 887. The molecule has 0 aromatic heterocycles. The fourth-order valence-electron chi connectivity index (χ4n) is 3.31. The molecule has 2 atom stereocenters. The normalized spacial score (nSPS) is 20.2. The van der Waals surface area contributed by atoms with Crippen molar-refractivity contribution >= 4 is 23.9 Å². The van der Waals surface area contributed by atoms with Crippen LogP contribution in [0.25, 0.3) is 0 Å². The number of carbonyl (C=O) groups is 1. The van der Waals surface area contributed by atoms with E-state index < -0.39 is 0 Å². The van der Waals surface area contributed by atoms with E-state index in [1.54, 1.807) is 18.0 Å². The molecule has 0 N–H and O–H groups in total. The van der Waals surface area contributed by atoms with Crippen LogP contribution in [-0.2, 0) is 21.0 Å². The van der Waals surface area contributed by atoms with Gasteiger partial charge >= 0.3 is 5.97 Å². The van der Waals surface area contributed by atoms with Gasteiger partial charge in [-0.1, -0.05) is 81.9 Å². The zero-order valence-corrected chi connectivity index (χ0v) is 19.2. The van der Waals surface area contributed by atoms with Crippen molar-refractivity contribution < 1.29 is 14.4 Å². The largest absolute Gasteiger partial charge is 0.461 e. The number of esters is 1. The highest BCUT2D eigenvalue weighted by Crippen LogP contribution is 2.57. The lowest BCUT2D eigenvalue weighted by molar-refractivity contribution is -0.147. The summed E-state index contributed by atoms with van der Waals surface area (Å²) in [4.78, 5) is 20.3. The first-order chi connectivity index (χ1) is 14.2. The van der Waals surface area contributed by atoms with E-state index in [2.05, 4.69) is 64.0 Å². The minimum atomic E-state index is -0.179. The van der Waals surface area contributed by atoms with E-state index in [1.807, 2.05) is 30.3 Å². The third kappa shape index (κ3) is 6.11. The van der Waals surface area contributed by atoms with Gasteiger partial charge < -0.3 is 9.57 Å². The summed E-state index contributed by atoms with van der Waals surface area (Å²) in [5.74, 6) is -0.306. The van der Waals surface area contributed by atoms with E-state index in [9.17, 15) is 4.79 Å². The second kappa shape index (κ2) is 9.25. The highest BCUT2D eigenvalue weighted by atomic mass is 32.2. The summed E-state index contributed by atoms with van der Waals surface area (Å²) in [6, 6.07) is 18.3. The molecule has 0 radical (unpaired) electrons. The fraction of sp³-hybridized carbons (Fsp3) is 0.440. The standard InChI is InChI=1S/C25H31NO3S/c1-24(2,3)17-29-26-15-21-22(25(21,4)5)23(27)28-16-18-10-9-13-20(14-18)30-19-11-7-6-8-12-19/h6-15,21-22H,16-17H2,1-5H3/t21-,22+/m1/s1. The minimum Gasteiger partial charge on any atom is -0.461 e. The van der Waals surface area contributed by atoms with Crippen molar-refractivity contribution in [3.63, 3.8) is 0 Å². The summed E-state index contributed by atoms with van der Waals surface area (Å²) in [5.41, 5.74) is 0.889. The molecule has 0 bridgehead atoms. The van der Waals surface area contributed by atoms with Crippen molar-refractivity contribution in [2.24, 2.45) is 27.8 Å². The molecule has 1 saturated carbocycles. The summed E-state index contributed by atoms with van der Waals surface area (Å²) in [6.07, 6.45) is 1.76. The molecule has 5 heteroatoms. The Morgan fingerprint density at radius 2 is 1.80 bits per heavy atom. The highest BCUT2D eigenvalue weighted by Gasteiger charge is 2.62. The quantitative estimate of drug-likeness (QED) is 0.287. The molecule has 0 unspecified atom stereocenters. The van der Waals surface area contributed by atoms with Crippen LogP contribution in [0.3, 0.4) is 0 Å². The van der Waals surface area contributed by atoms with Gasteiger partial charge in [-0.2, -0.15) is 0 Å². The predicted molar refractivity (Wildman–Crippen MR) is 121 cm³/mol. The van der Waals surface area contributed by atoms with Gasteiger partial charge in [0.2, 0.25) is 0 Å². The highest BCUT2D eigenvalue weighted by molar-refractivity contribution is 7.99. The van der Waals surface area contributed by atoms with Crippen molar-refractivity contribution in [1.82, 2.24) is 0 Å². The number of ether oxygens (including phenoxy) is 1. The summed E-state index contributed by atoms with van der Waals surface area (Å²) in [6.45, 7) is 11.2. The average molecular weight is 426 g/mol. The number of benzene rings is 2. The predicted octanol–water partition coefficient (Wildman–Crippen LogP) is 6.20. The molecule has 0 aliphatic heterocycles. The van der Waals surface area contributed by atoms with Crippen molar-refractivity contribution in [3.05, 3.63) is 60.2 Å². The zero-order chi connectivity index (χ0) is 21.8. The molecule has 3 rings (SSSR count). The Morgan fingerprint density at radius 3 is 2.50 bits per heavy atom. The van der Waals surface area contributed by atoms with Crippen LogP contribution >= 0.6 is 11.8 Å². The Morgan fingerprint density at radius 1 is 1.10 bits per heavy atom. The molecule has 30 heavy (non-hydrogen) atoms. The van der Waals surface area contributed by atoms with Crippen LogP contribution in [0.15, 0.2) is 69.5 Å². The molecule has 2 aromatic carbocycles. The Balaban J connectivity index is 1.52. The maximum absolute atomic E-state index is 12.6. The number of hydrogen-bond donors (Lipinski definition) is 0. The molecule has 160 valence electrons. The van der Waals surface area contributed by atoms with Gasteiger partial charge in [0, 0.05) is 21.9 Å². The van der Waals surface area contributed by atoms with Gasteiger partial charge in [-0.15, -0.1) is 0 Å². The molecule has 0 saturated heterocycles. The van der Waals surface area contributed by atoms with Gasteiger partial charge in [0.15, 0.2) is 0 Å². The number of oxime groups is 1. The van der Waals surface area contributed by atoms with Gasteiger partial charge in [0.1, 0.15) is 13.2 Å². The smallest absolute Gasteiger partial charge is 0.310 e. The van der Waals surface area contributed by atoms with E-state index in [0.717, 1.165) is 10.5 Å². The number of carbonyl (C=O) groups excluding carboxylic acids is 1. The molecular weight excluding hydrogens is 394 g/mol. The topological polar surface area (TPSA) is 47.9 Å². The van der Waals surface area contributed by atoms with E-state index in [-0.39, 0.29) is 35.2 Å². The first-order valence-electron chi connectivity index (χ1n) is 10.3. The third-order valence-corrected chi connectivity index (χ3v) is 6.21. The van der Waals surface area contributed by atoms with E-state index in [0.29, 0.717) is 6.61 Å². The lowest BCUT2D eigenvalue weighted by Crippen LogP contribution is -2.12. The fourth-order valence-corrected chi connectivity index (χ4v) is 4.24. The monoisotopic (exact) mass is 425 g/mol. The maximum atomic E-state index is 12.6. The van der Waals surface area contributed by atoms with Crippen molar-refractivity contribution in [1.29, 1.82) is 0 Å². The van der Waals surface area contributed by atoms with Crippen molar-refractivity contribution in [2.75, 3.05) is 6.61 Å². The molecule has 1 aliphatic carbocycles. The summed E-state index contributed by atoms with van der Waals surface area (Å²) >= 11 is 1.70. The van der Waals surface area contributed by atoms with Crippen LogP contribution in [0.4, 0.5) is 0 Å². The van der Waals surface area contributed by atoms with Gasteiger partial charge in [-0.25, -0.2) is 0 Å². The van der Waals surface area contributed by atoms with Crippen LogP contribution in [-0.4, -0.2) is 18.8 Å². The second-order valence-corrected chi connectivity index (χ2v) is 10.7. The summed E-state index contributed by atoms with van der Waals surface area (Å²) in [5, 5.41) is 4.08. The number of nitrogens with zero attached hydrogens (tertiary/aromatic N) is 1. The Kier molecular flexibility index (Phi) is 6.91. The van der Waals surface area contributed by atoms with Gasteiger partial charge in [0.05, 0.1) is 5.92 Å². The third-order valence-electron chi connectivity index (χ3n) is 5.22. The number of rotatable bonds is 8. The molecule has 1 aliphatic rings. The van der Waals surface area contributed by atoms with Crippen LogP contribution in [0.1, 0.15) is 40.2 Å². The van der Waals surface area contributed by atoms with E-state index in [4.69, 9.17) is 9.57 Å². The van der Waals surface area contributed by atoms with Gasteiger partial charge in [-0.3, -0.25) is 4.79 Å². The first kappa shape index (κ1) is 22.4. The molecule has 0 spiro atoms. The molecule has 0 amide bonds. The summed E-state index contributed by atoms with van der Waals surface area (Å²) < 4.78 is 5.63. The zero-order valence-electron chi connectivity index (χ0n) is 18.4. The maximum Gasteiger partial charge on any atom is 0.310 e. The average Bonchev–Trinajstić information content (AvgIpc) is 3.24. The number of hydrogen-bond acceptors (Lipinski definition) is 5. The van der Waals surface area contributed by atoms with Crippen LogP contribution < -0.4 is 0 Å². The Hall–Kier alpha value is -2.27.